The van der Waals surface area contributed by atoms with Crippen molar-refractivity contribution in [3.63, 3.8) is 0 Å². The molecule has 0 aromatic heterocycles. The molecule has 13 heavy (non-hydrogen) atoms. The Hall–Kier alpha value is -1.10. The van der Waals surface area contributed by atoms with Gasteiger partial charge in [-0.3, -0.25) is 9.59 Å². The number of esters is 1. The average molecular weight is 189 g/mol. The van der Waals surface area contributed by atoms with Crippen LogP contribution in [-0.2, 0) is 14.3 Å². The molecular weight excluding hydrogens is 174 g/mol. The maximum absolute atomic E-state index is 11.1. The van der Waals surface area contributed by atoms with Crippen LogP contribution in [0.4, 0.5) is 0 Å². The second-order valence-electron chi connectivity index (χ2n) is 2.82. The zero-order valence-electron chi connectivity index (χ0n) is 8.03. The number of aliphatic hydroxyl groups excluding tert-OH is 1. The van der Waals surface area contributed by atoms with E-state index in [1.807, 2.05) is 0 Å². The Morgan fingerprint density at radius 1 is 1.46 bits per heavy atom. The highest BCUT2D eigenvalue weighted by Gasteiger charge is 2.18. The van der Waals surface area contributed by atoms with E-state index in [4.69, 9.17) is 5.11 Å². The van der Waals surface area contributed by atoms with Crippen LogP contribution in [0.5, 0.6) is 0 Å². The van der Waals surface area contributed by atoms with E-state index in [0.717, 1.165) is 0 Å². The number of carbonyl (C=O) groups is 2. The van der Waals surface area contributed by atoms with Gasteiger partial charge in [-0.15, -0.1) is 0 Å². The minimum absolute atomic E-state index is 0.160. The number of aliphatic hydroxyl groups is 1. The Morgan fingerprint density at radius 2 is 2.00 bits per heavy atom. The highest BCUT2D eigenvalue weighted by molar-refractivity contribution is 5.83. The molecule has 0 saturated heterocycles. The van der Waals surface area contributed by atoms with Crippen LogP contribution in [0.15, 0.2) is 0 Å². The number of hydrogen-bond donors (Lipinski definition) is 2. The summed E-state index contributed by atoms with van der Waals surface area (Å²) < 4.78 is 4.32. The Bertz CT molecular complexity index is 191. The van der Waals surface area contributed by atoms with Crippen molar-refractivity contribution in [1.29, 1.82) is 0 Å². The lowest BCUT2D eigenvalue weighted by atomic mass is 10.1. The van der Waals surface area contributed by atoms with E-state index in [1.54, 1.807) is 6.92 Å². The van der Waals surface area contributed by atoms with E-state index in [0.29, 0.717) is 0 Å². The van der Waals surface area contributed by atoms with Crippen LogP contribution in [0.2, 0.25) is 0 Å². The Balaban J connectivity index is 3.81. The van der Waals surface area contributed by atoms with Crippen molar-refractivity contribution in [2.24, 2.45) is 5.92 Å². The van der Waals surface area contributed by atoms with Crippen LogP contribution in [0.1, 0.15) is 13.8 Å². The van der Waals surface area contributed by atoms with Gasteiger partial charge in [-0.25, -0.2) is 0 Å². The lowest BCUT2D eigenvalue weighted by Crippen LogP contribution is -2.37. The zero-order chi connectivity index (χ0) is 10.4. The molecule has 0 aliphatic rings. The number of ether oxygens (including phenoxy) is 1. The summed E-state index contributed by atoms with van der Waals surface area (Å²) in [6, 6.07) is 0. The molecule has 5 heteroatoms. The van der Waals surface area contributed by atoms with Gasteiger partial charge in [-0.2, -0.15) is 0 Å². The molecule has 2 unspecified atom stereocenters. The van der Waals surface area contributed by atoms with Crippen LogP contribution in [0.25, 0.3) is 0 Å². The van der Waals surface area contributed by atoms with Crippen LogP contribution in [-0.4, -0.2) is 36.7 Å². The summed E-state index contributed by atoms with van der Waals surface area (Å²) >= 11 is 0. The Kier molecular flexibility index (Phi) is 5.06. The van der Waals surface area contributed by atoms with Gasteiger partial charge in [0.2, 0.25) is 5.91 Å². The number of carbonyl (C=O) groups excluding carboxylic acids is 2. The van der Waals surface area contributed by atoms with Gasteiger partial charge in [0, 0.05) is 0 Å². The highest BCUT2D eigenvalue weighted by Crippen LogP contribution is 2.00. The molecule has 0 heterocycles. The van der Waals surface area contributed by atoms with Crippen molar-refractivity contribution >= 4 is 11.9 Å². The van der Waals surface area contributed by atoms with E-state index < -0.39 is 18.0 Å². The molecule has 0 aliphatic heterocycles. The zero-order valence-corrected chi connectivity index (χ0v) is 8.03. The molecule has 76 valence electrons. The van der Waals surface area contributed by atoms with Crippen LogP contribution < -0.4 is 5.32 Å². The molecule has 0 aromatic carbocycles. The largest absolute Gasteiger partial charge is 0.468 e. The summed E-state index contributed by atoms with van der Waals surface area (Å²) in [6.45, 7) is 2.94. The van der Waals surface area contributed by atoms with E-state index in [9.17, 15) is 9.59 Å². The smallest absolute Gasteiger partial charge is 0.325 e. The van der Waals surface area contributed by atoms with Gasteiger partial charge in [0.1, 0.15) is 6.54 Å². The topological polar surface area (TPSA) is 75.6 Å². The lowest BCUT2D eigenvalue weighted by Gasteiger charge is -2.13. The fourth-order valence-electron chi connectivity index (χ4n) is 0.612. The van der Waals surface area contributed by atoms with Crippen LogP contribution in [0.3, 0.4) is 0 Å². The van der Waals surface area contributed by atoms with Crippen molar-refractivity contribution < 1.29 is 19.4 Å². The van der Waals surface area contributed by atoms with E-state index in [2.05, 4.69) is 10.1 Å². The quantitative estimate of drug-likeness (QED) is 0.573. The van der Waals surface area contributed by atoms with Gasteiger partial charge in [0.15, 0.2) is 0 Å². The fourth-order valence-corrected chi connectivity index (χ4v) is 0.612. The summed E-state index contributed by atoms with van der Waals surface area (Å²) in [4.78, 5) is 21.7. The lowest BCUT2D eigenvalue weighted by molar-refractivity contribution is -0.142. The molecule has 0 aromatic rings. The van der Waals surface area contributed by atoms with Gasteiger partial charge >= 0.3 is 5.97 Å². The third-order valence-electron chi connectivity index (χ3n) is 1.77. The SMILES string of the molecule is COC(=O)CNC(=O)C(C)C(C)O. The minimum Gasteiger partial charge on any atom is -0.468 e. The molecule has 0 radical (unpaired) electrons. The third-order valence-corrected chi connectivity index (χ3v) is 1.77. The molecule has 5 nitrogen and oxygen atoms in total. The molecule has 0 fully saturated rings. The fraction of sp³-hybridized carbons (Fsp3) is 0.750. The maximum atomic E-state index is 11.1. The molecule has 2 N–H and O–H groups in total. The monoisotopic (exact) mass is 189 g/mol. The molecule has 0 bridgehead atoms. The van der Waals surface area contributed by atoms with E-state index in [1.165, 1.54) is 14.0 Å². The highest BCUT2D eigenvalue weighted by atomic mass is 16.5. The minimum atomic E-state index is -0.724. The number of rotatable bonds is 4. The summed E-state index contributed by atoms with van der Waals surface area (Å²) in [6.07, 6.45) is -0.724. The number of amides is 1. The molecule has 0 aliphatic carbocycles. The third kappa shape index (κ3) is 4.47. The first-order valence-corrected chi connectivity index (χ1v) is 4.01. The summed E-state index contributed by atoms with van der Waals surface area (Å²) in [5, 5.41) is 11.4. The first kappa shape index (κ1) is 11.9. The molecular formula is C8H15NO4. The summed E-state index contributed by atoms with van der Waals surface area (Å²) in [5.41, 5.74) is 0. The second kappa shape index (κ2) is 5.53. The van der Waals surface area contributed by atoms with Gasteiger partial charge in [0.25, 0.3) is 0 Å². The molecule has 0 spiro atoms. The summed E-state index contributed by atoms with van der Waals surface area (Å²) in [7, 11) is 1.24. The predicted molar refractivity (Wildman–Crippen MR) is 45.9 cm³/mol. The Morgan fingerprint density at radius 3 is 2.38 bits per heavy atom. The first-order valence-electron chi connectivity index (χ1n) is 4.01. The summed E-state index contributed by atoms with van der Waals surface area (Å²) in [5.74, 6) is -1.39. The molecule has 2 atom stereocenters. The number of nitrogens with one attached hydrogen (secondary N) is 1. The van der Waals surface area contributed by atoms with Gasteiger partial charge in [0.05, 0.1) is 19.1 Å². The van der Waals surface area contributed by atoms with E-state index in [-0.39, 0.29) is 12.5 Å². The van der Waals surface area contributed by atoms with Crippen molar-refractivity contribution in [3.05, 3.63) is 0 Å². The van der Waals surface area contributed by atoms with Gasteiger partial charge in [-0.05, 0) is 6.92 Å². The molecule has 0 rings (SSSR count). The van der Waals surface area contributed by atoms with Crippen molar-refractivity contribution in [2.75, 3.05) is 13.7 Å². The average Bonchev–Trinajstić information content (AvgIpc) is 2.11. The number of methoxy groups -OCH3 is 1. The van der Waals surface area contributed by atoms with Crippen LogP contribution in [0, 0.1) is 5.92 Å². The van der Waals surface area contributed by atoms with E-state index >= 15 is 0 Å². The molecule has 0 saturated carbocycles. The van der Waals surface area contributed by atoms with Gasteiger partial charge in [-0.1, -0.05) is 6.92 Å². The van der Waals surface area contributed by atoms with Gasteiger partial charge < -0.3 is 15.2 Å². The van der Waals surface area contributed by atoms with Crippen molar-refractivity contribution in [2.45, 2.75) is 20.0 Å². The maximum Gasteiger partial charge on any atom is 0.325 e. The van der Waals surface area contributed by atoms with Crippen LogP contribution >= 0.6 is 0 Å². The predicted octanol–water partition coefficient (Wildman–Crippen LogP) is -0.707. The molecule has 1 amide bonds. The first-order chi connectivity index (χ1) is 5.99. The standard InChI is InChI=1S/C8H15NO4/c1-5(6(2)10)8(12)9-4-7(11)13-3/h5-6,10H,4H2,1-3H3,(H,9,12). The number of hydrogen-bond acceptors (Lipinski definition) is 4. The van der Waals surface area contributed by atoms with Crippen molar-refractivity contribution in [1.82, 2.24) is 5.32 Å². The second-order valence-corrected chi connectivity index (χ2v) is 2.82. The normalized spacial score (nSPS) is 14.5. The van der Waals surface area contributed by atoms with Crippen molar-refractivity contribution in [3.8, 4) is 0 Å². The Labute approximate surface area is 77.1 Å².